The Kier molecular flexibility index (Phi) is 6.18. The molecule has 0 bridgehead atoms. The van der Waals surface area contributed by atoms with E-state index in [-0.39, 0.29) is 22.5 Å². The first-order valence-electron chi connectivity index (χ1n) is 13.2. The summed E-state index contributed by atoms with van der Waals surface area (Å²) < 4.78 is 0. The van der Waals surface area contributed by atoms with Crippen LogP contribution in [-0.2, 0) is 10.2 Å². The summed E-state index contributed by atoms with van der Waals surface area (Å²) in [5.74, 6) is -0.0785. The molecule has 4 nitrogen and oxygen atoms in total. The van der Waals surface area contributed by atoms with E-state index < -0.39 is 6.04 Å². The van der Waals surface area contributed by atoms with Gasteiger partial charge in [0.1, 0.15) is 0 Å². The second-order valence-electron chi connectivity index (χ2n) is 12.3. The Balaban J connectivity index is 1.84. The van der Waals surface area contributed by atoms with Crippen molar-refractivity contribution in [2.45, 2.75) is 59.9 Å². The molecular weight excluding hydrogens is 468 g/mol. The Labute approximate surface area is 225 Å². The summed E-state index contributed by atoms with van der Waals surface area (Å²) in [7, 11) is 0. The first-order chi connectivity index (χ1) is 17.9. The van der Waals surface area contributed by atoms with Gasteiger partial charge in [-0.05, 0) is 45.7 Å². The number of aromatic amines is 1. The first kappa shape index (κ1) is 25.7. The van der Waals surface area contributed by atoms with Gasteiger partial charge in [-0.2, -0.15) is 0 Å². The van der Waals surface area contributed by atoms with Gasteiger partial charge in [0.05, 0.1) is 17.4 Å². The zero-order valence-corrected chi connectivity index (χ0v) is 23.3. The molecule has 0 saturated carbocycles. The summed E-state index contributed by atoms with van der Waals surface area (Å²) in [6, 6.07) is 24.0. The number of amides is 1. The molecule has 4 heteroatoms. The molecule has 1 aliphatic carbocycles. The van der Waals surface area contributed by atoms with Crippen LogP contribution in [0.25, 0.3) is 22.2 Å². The van der Waals surface area contributed by atoms with Crippen molar-refractivity contribution >= 4 is 28.3 Å². The van der Waals surface area contributed by atoms with E-state index in [4.69, 9.17) is 0 Å². The second kappa shape index (κ2) is 9.13. The Hall–Kier alpha value is -3.92. The monoisotopic (exact) mass is 504 g/mol. The number of nitrogens with zero attached hydrogens (tertiary/aromatic N) is 1. The van der Waals surface area contributed by atoms with Gasteiger partial charge in [-0.25, -0.2) is 0 Å². The molecule has 0 spiro atoms. The maximum Gasteiger partial charge on any atom is 0.224 e. The largest absolute Gasteiger partial charge is 0.353 e. The van der Waals surface area contributed by atoms with E-state index in [0.29, 0.717) is 5.56 Å². The maximum absolute atomic E-state index is 13.8. The molecule has 0 aliphatic heterocycles. The Bertz CT molecular complexity index is 1580. The number of anilines is 1. The topological polar surface area (TPSA) is 53.2 Å². The van der Waals surface area contributed by atoms with Crippen LogP contribution in [0.5, 0.6) is 0 Å². The molecule has 5 rings (SSSR count). The lowest BCUT2D eigenvalue weighted by Crippen LogP contribution is -2.40. The molecule has 1 aromatic heterocycles. The number of fused-ring (bicyclic) bond motifs is 2. The predicted octanol–water partition coefficient (Wildman–Crippen LogP) is 8.40. The number of hydrogen-bond donors (Lipinski definition) is 1. The fourth-order valence-electron chi connectivity index (χ4n) is 5.50. The molecule has 194 valence electrons. The van der Waals surface area contributed by atoms with Crippen molar-refractivity contribution in [3.8, 4) is 11.3 Å². The van der Waals surface area contributed by atoms with E-state index in [1.807, 2.05) is 47.4 Å². The van der Waals surface area contributed by atoms with Gasteiger partial charge in [-0.1, -0.05) is 102 Å². The lowest BCUT2D eigenvalue weighted by atomic mass is 9.72. The zero-order chi connectivity index (χ0) is 27.4. The highest BCUT2D eigenvalue weighted by molar-refractivity contribution is 6.12. The van der Waals surface area contributed by atoms with Crippen LogP contribution in [0.1, 0.15) is 76.0 Å². The summed E-state index contributed by atoms with van der Waals surface area (Å²) in [5.41, 5.74) is 6.81. The number of ketones is 1. The van der Waals surface area contributed by atoms with Gasteiger partial charge in [0, 0.05) is 29.0 Å². The third kappa shape index (κ3) is 4.38. The van der Waals surface area contributed by atoms with Crippen molar-refractivity contribution in [2.75, 3.05) is 4.90 Å². The average molecular weight is 505 g/mol. The molecule has 1 aliphatic rings. The number of para-hydroxylation sites is 1. The molecule has 1 amide bonds. The number of benzene rings is 3. The normalized spacial score (nSPS) is 15.8. The van der Waals surface area contributed by atoms with Crippen molar-refractivity contribution in [2.24, 2.45) is 5.41 Å². The number of allylic oxidation sites excluding steroid dienone is 1. The molecule has 0 radical (unpaired) electrons. The highest BCUT2D eigenvalue weighted by atomic mass is 16.2. The van der Waals surface area contributed by atoms with Gasteiger partial charge < -0.3 is 4.98 Å². The number of hydrogen-bond acceptors (Lipinski definition) is 2. The number of carbonyl (C=O) groups is 2. The SMILES string of the molecule is CC(=O)N(c1c(-c2ccccc2)[nH]c2ccccc12)[C@@H]1C(C(C)(C)C)=CC(=O)c2cc(C(C)(C)C)ccc21. The molecule has 4 aromatic rings. The Morgan fingerprint density at radius 3 is 2.13 bits per heavy atom. The summed E-state index contributed by atoms with van der Waals surface area (Å²) in [4.78, 5) is 32.8. The molecule has 3 aromatic carbocycles. The number of nitrogens with one attached hydrogen (secondary N) is 1. The highest BCUT2D eigenvalue weighted by Gasteiger charge is 2.41. The molecular formula is C34H36N2O2. The van der Waals surface area contributed by atoms with Gasteiger partial charge in [0.25, 0.3) is 0 Å². The van der Waals surface area contributed by atoms with E-state index >= 15 is 0 Å². The third-order valence-electron chi connectivity index (χ3n) is 7.51. The molecule has 0 unspecified atom stereocenters. The molecule has 0 fully saturated rings. The van der Waals surface area contributed by atoms with Crippen LogP contribution >= 0.6 is 0 Å². The van der Waals surface area contributed by atoms with E-state index in [9.17, 15) is 9.59 Å². The average Bonchev–Trinajstić information content (AvgIpc) is 3.23. The molecule has 1 N–H and O–H groups in total. The minimum atomic E-state index is -0.420. The second-order valence-corrected chi connectivity index (χ2v) is 12.3. The quantitative estimate of drug-likeness (QED) is 0.304. The minimum Gasteiger partial charge on any atom is -0.353 e. The van der Waals surface area contributed by atoms with Gasteiger partial charge in [-0.3, -0.25) is 14.5 Å². The summed E-state index contributed by atoms with van der Waals surface area (Å²) >= 11 is 0. The van der Waals surface area contributed by atoms with Crippen molar-refractivity contribution in [3.63, 3.8) is 0 Å². The fourth-order valence-corrected chi connectivity index (χ4v) is 5.50. The van der Waals surface area contributed by atoms with Gasteiger partial charge in [-0.15, -0.1) is 0 Å². The summed E-state index contributed by atoms with van der Waals surface area (Å²) in [6.07, 6.45) is 1.77. The van der Waals surface area contributed by atoms with Gasteiger partial charge in [0.15, 0.2) is 5.78 Å². The number of carbonyl (C=O) groups excluding carboxylic acids is 2. The van der Waals surface area contributed by atoms with Crippen LogP contribution in [0.3, 0.4) is 0 Å². The van der Waals surface area contributed by atoms with Gasteiger partial charge >= 0.3 is 0 Å². The zero-order valence-electron chi connectivity index (χ0n) is 23.3. The minimum absolute atomic E-state index is 0.00186. The highest BCUT2D eigenvalue weighted by Crippen LogP contribution is 2.49. The standard InChI is InChI=1S/C34H36N2O2/c1-21(37)36(32-25-15-11-12-16-28(25)35-30(32)22-13-9-8-10-14-22)31-24-18-17-23(33(2,3)4)19-26(24)29(38)20-27(31)34(5,6)7/h8-20,31,35H,1-7H3/t31-/m0/s1. The smallest absolute Gasteiger partial charge is 0.224 e. The first-order valence-corrected chi connectivity index (χ1v) is 13.2. The molecule has 38 heavy (non-hydrogen) atoms. The van der Waals surface area contributed by atoms with Crippen molar-refractivity contribution in [1.82, 2.24) is 4.98 Å². The van der Waals surface area contributed by atoms with E-state index in [2.05, 4.69) is 76.9 Å². The predicted molar refractivity (Wildman–Crippen MR) is 157 cm³/mol. The summed E-state index contributed by atoms with van der Waals surface area (Å²) in [6.45, 7) is 14.4. The number of rotatable bonds is 3. The lowest BCUT2D eigenvalue weighted by Gasteiger charge is -2.41. The van der Waals surface area contributed by atoms with Crippen LogP contribution in [-0.4, -0.2) is 16.7 Å². The lowest BCUT2D eigenvalue weighted by molar-refractivity contribution is -0.117. The molecule has 1 atom stereocenters. The fraction of sp³-hybridized carbons (Fsp3) is 0.294. The third-order valence-corrected chi connectivity index (χ3v) is 7.51. The van der Waals surface area contributed by atoms with Crippen LogP contribution in [0.15, 0.2) is 84.4 Å². The van der Waals surface area contributed by atoms with Crippen molar-refractivity contribution in [1.29, 1.82) is 0 Å². The van der Waals surface area contributed by atoms with Crippen molar-refractivity contribution in [3.05, 3.63) is 101 Å². The Morgan fingerprint density at radius 2 is 1.50 bits per heavy atom. The number of aromatic nitrogens is 1. The van der Waals surface area contributed by atoms with Crippen LogP contribution in [0.4, 0.5) is 5.69 Å². The number of H-pyrrole nitrogens is 1. The van der Waals surface area contributed by atoms with Crippen molar-refractivity contribution < 1.29 is 9.59 Å². The Morgan fingerprint density at radius 1 is 0.842 bits per heavy atom. The summed E-state index contributed by atoms with van der Waals surface area (Å²) in [5, 5.41) is 0.972. The van der Waals surface area contributed by atoms with Crippen LogP contribution < -0.4 is 4.90 Å². The molecule has 1 heterocycles. The van der Waals surface area contributed by atoms with Crippen LogP contribution in [0.2, 0.25) is 0 Å². The van der Waals surface area contributed by atoms with E-state index in [0.717, 1.165) is 44.5 Å². The maximum atomic E-state index is 13.8. The van der Waals surface area contributed by atoms with Gasteiger partial charge in [0.2, 0.25) is 5.91 Å². The molecule has 0 saturated heterocycles. The van der Waals surface area contributed by atoms with Crippen LogP contribution in [0, 0.1) is 5.41 Å². The van der Waals surface area contributed by atoms with E-state index in [1.165, 1.54) is 0 Å². The van der Waals surface area contributed by atoms with E-state index in [1.54, 1.807) is 13.0 Å².